The van der Waals surface area contributed by atoms with Gasteiger partial charge in [0.2, 0.25) is 0 Å². The summed E-state index contributed by atoms with van der Waals surface area (Å²) in [7, 11) is 1.95. The Morgan fingerprint density at radius 3 is 2.91 bits per heavy atom. The van der Waals surface area contributed by atoms with Gasteiger partial charge in [0.25, 0.3) is 0 Å². The third-order valence-corrected chi connectivity index (χ3v) is 5.39. The van der Waals surface area contributed by atoms with E-state index in [0.717, 1.165) is 23.5 Å². The lowest BCUT2D eigenvalue weighted by Crippen LogP contribution is -2.30. The molecule has 1 fully saturated rings. The summed E-state index contributed by atoms with van der Waals surface area (Å²) in [6.07, 6.45) is 5.96. The summed E-state index contributed by atoms with van der Waals surface area (Å²) in [6, 6.07) is 4.75. The fraction of sp³-hybridized carbons (Fsp3) is 0.438. The number of aromatic nitrogens is 4. The van der Waals surface area contributed by atoms with E-state index in [-0.39, 0.29) is 0 Å². The van der Waals surface area contributed by atoms with Gasteiger partial charge in [0.1, 0.15) is 11.8 Å². The number of likely N-dealkylation sites (tertiary alicyclic amines) is 1. The molecule has 120 valence electrons. The van der Waals surface area contributed by atoms with E-state index in [1.807, 2.05) is 23.0 Å². The molecule has 1 saturated heterocycles. The second-order valence-corrected chi connectivity index (χ2v) is 6.88. The number of fused-ring (bicyclic) bond motifs is 1. The monoisotopic (exact) mass is 328 g/mol. The van der Waals surface area contributed by atoms with Gasteiger partial charge in [0.05, 0.1) is 12.4 Å². The number of nitrogens with one attached hydrogen (secondary N) is 1. The molecule has 1 N–H and O–H groups in total. The lowest BCUT2D eigenvalue weighted by Gasteiger charge is -2.27. The summed E-state index contributed by atoms with van der Waals surface area (Å²) >= 11 is 1.83. The maximum Gasteiger partial charge on any atom is 0.165 e. The van der Waals surface area contributed by atoms with Gasteiger partial charge in [-0.1, -0.05) is 6.07 Å². The molecule has 1 atom stereocenters. The Kier molecular flexibility index (Phi) is 3.97. The van der Waals surface area contributed by atoms with Gasteiger partial charge in [-0.2, -0.15) is 0 Å². The minimum Gasteiger partial charge on any atom is -0.366 e. The van der Waals surface area contributed by atoms with Crippen molar-refractivity contribution in [2.75, 3.05) is 25.0 Å². The normalized spacial score (nSPS) is 16.9. The van der Waals surface area contributed by atoms with E-state index in [9.17, 15) is 0 Å². The zero-order valence-electron chi connectivity index (χ0n) is 13.1. The fourth-order valence-corrected chi connectivity index (χ4v) is 4.07. The predicted octanol–water partition coefficient (Wildman–Crippen LogP) is 2.67. The first-order valence-corrected chi connectivity index (χ1v) is 8.84. The first-order chi connectivity index (χ1) is 11.3. The van der Waals surface area contributed by atoms with Crippen LogP contribution in [0.1, 0.15) is 23.8 Å². The van der Waals surface area contributed by atoms with Crippen LogP contribution in [-0.4, -0.2) is 44.1 Å². The van der Waals surface area contributed by atoms with Gasteiger partial charge >= 0.3 is 0 Å². The maximum absolute atomic E-state index is 4.42. The Labute approximate surface area is 139 Å². The summed E-state index contributed by atoms with van der Waals surface area (Å²) in [6.45, 7) is 3.18. The minimum absolute atomic E-state index is 0.395. The Morgan fingerprint density at radius 2 is 2.13 bits per heavy atom. The molecule has 0 amide bonds. The van der Waals surface area contributed by atoms with Crippen LogP contribution in [0.25, 0.3) is 11.2 Å². The summed E-state index contributed by atoms with van der Waals surface area (Å²) in [4.78, 5) is 17.1. The van der Waals surface area contributed by atoms with Crippen molar-refractivity contribution < 1.29 is 0 Å². The van der Waals surface area contributed by atoms with E-state index < -0.39 is 0 Å². The number of nitrogens with zero attached hydrogens (tertiary/aromatic N) is 5. The van der Waals surface area contributed by atoms with Crippen molar-refractivity contribution in [2.24, 2.45) is 7.05 Å². The molecular weight excluding hydrogens is 308 g/mol. The highest BCUT2D eigenvalue weighted by atomic mass is 32.1. The van der Waals surface area contributed by atoms with Crippen molar-refractivity contribution in [3.05, 3.63) is 35.0 Å². The highest BCUT2D eigenvalue weighted by Crippen LogP contribution is 2.29. The van der Waals surface area contributed by atoms with E-state index >= 15 is 0 Å². The first-order valence-electron chi connectivity index (χ1n) is 7.96. The van der Waals surface area contributed by atoms with E-state index in [4.69, 9.17) is 0 Å². The van der Waals surface area contributed by atoms with E-state index in [0.29, 0.717) is 6.04 Å². The number of imidazole rings is 1. The van der Waals surface area contributed by atoms with Crippen molar-refractivity contribution >= 4 is 28.3 Å². The highest BCUT2D eigenvalue weighted by molar-refractivity contribution is 7.10. The molecule has 0 radical (unpaired) electrons. The highest BCUT2D eigenvalue weighted by Gasteiger charge is 2.24. The molecule has 4 heterocycles. The minimum atomic E-state index is 0.395. The van der Waals surface area contributed by atoms with Crippen molar-refractivity contribution in [1.29, 1.82) is 0 Å². The average Bonchev–Trinajstić information content (AvgIpc) is 3.31. The van der Waals surface area contributed by atoms with Crippen LogP contribution in [0.5, 0.6) is 0 Å². The van der Waals surface area contributed by atoms with Gasteiger partial charge in [0.15, 0.2) is 11.5 Å². The maximum atomic E-state index is 4.42. The van der Waals surface area contributed by atoms with E-state index in [1.54, 1.807) is 12.7 Å². The lowest BCUT2D eigenvalue weighted by molar-refractivity contribution is 0.259. The Balaban J connectivity index is 1.57. The predicted molar refractivity (Wildman–Crippen MR) is 92.7 cm³/mol. The van der Waals surface area contributed by atoms with Crippen molar-refractivity contribution in [3.8, 4) is 0 Å². The molecule has 0 spiro atoms. The van der Waals surface area contributed by atoms with Gasteiger partial charge in [-0.05, 0) is 37.4 Å². The van der Waals surface area contributed by atoms with Crippen LogP contribution < -0.4 is 5.32 Å². The molecule has 0 bridgehead atoms. The number of thiophene rings is 1. The average molecular weight is 328 g/mol. The number of hydrogen-bond donors (Lipinski definition) is 1. The van der Waals surface area contributed by atoms with Gasteiger partial charge in [-0.3, -0.25) is 4.90 Å². The molecule has 3 aromatic heterocycles. The number of hydrogen-bond acceptors (Lipinski definition) is 6. The van der Waals surface area contributed by atoms with Crippen molar-refractivity contribution in [1.82, 2.24) is 24.4 Å². The van der Waals surface area contributed by atoms with E-state index in [1.165, 1.54) is 30.8 Å². The first kappa shape index (κ1) is 14.6. The second kappa shape index (κ2) is 6.25. The molecule has 0 aromatic carbocycles. The molecule has 23 heavy (non-hydrogen) atoms. The van der Waals surface area contributed by atoms with Crippen LogP contribution in [0.15, 0.2) is 30.2 Å². The Hall–Kier alpha value is -1.99. The number of rotatable bonds is 5. The van der Waals surface area contributed by atoms with Crippen LogP contribution >= 0.6 is 11.3 Å². The summed E-state index contributed by atoms with van der Waals surface area (Å²) < 4.78 is 1.92. The van der Waals surface area contributed by atoms with Gasteiger partial charge < -0.3 is 9.88 Å². The Morgan fingerprint density at radius 1 is 1.26 bits per heavy atom. The molecule has 0 aliphatic carbocycles. The van der Waals surface area contributed by atoms with Crippen LogP contribution in [0.4, 0.5) is 5.82 Å². The molecule has 7 heteroatoms. The summed E-state index contributed by atoms with van der Waals surface area (Å²) in [5.41, 5.74) is 1.69. The van der Waals surface area contributed by atoms with Gasteiger partial charge in [0, 0.05) is 18.5 Å². The smallest absolute Gasteiger partial charge is 0.165 e. The molecule has 0 unspecified atom stereocenters. The molecule has 1 aliphatic heterocycles. The molecule has 1 aliphatic rings. The van der Waals surface area contributed by atoms with Crippen LogP contribution in [0.2, 0.25) is 0 Å². The molecule has 6 nitrogen and oxygen atoms in total. The largest absolute Gasteiger partial charge is 0.366 e. The van der Waals surface area contributed by atoms with Crippen molar-refractivity contribution in [3.63, 3.8) is 0 Å². The second-order valence-electron chi connectivity index (χ2n) is 5.91. The van der Waals surface area contributed by atoms with Crippen LogP contribution in [0.3, 0.4) is 0 Å². The third-order valence-electron chi connectivity index (χ3n) is 4.41. The standard InChI is InChI=1S/C16H20N6S/c1-21-11-20-14-15(18-10-19-16(14)21)17-9-12(13-5-4-8-23-13)22-6-2-3-7-22/h4-5,8,10-12H,2-3,6-7,9H2,1H3,(H,17,18,19)/t12-/m0/s1. The Bertz CT molecular complexity index is 775. The van der Waals surface area contributed by atoms with Gasteiger partial charge in [-0.25, -0.2) is 15.0 Å². The fourth-order valence-electron chi connectivity index (χ4n) is 3.21. The molecule has 0 saturated carbocycles. The van der Waals surface area contributed by atoms with Crippen LogP contribution in [-0.2, 0) is 7.05 Å². The van der Waals surface area contributed by atoms with Crippen LogP contribution in [0, 0.1) is 0 Å². The SMILES string of the molecule is Cn1cnc2c(NC[C@@H](c3cccs3)N3CCCC3)ncnc21. The third kappa shape index (κ3) is 2.82. The zero-order valence-corrected chi connectivity index (χ0v) is 14.0. The lowest BCUT2D eigenvalue weighted by atomic mass is 10.2. The molecule has 4 rings (SSSR count). The summed E-state index contributed by atoms with van der Waals surface area (Å²) in [5.74, 6) is 0.816. The van der Waals surface area contributed by atoms with Crippen molar-refractivity contribution in [2.45, 2.75) is 18.9 Å². The number of aryl methyl sites for hydroxylation is 1. The molecular formula is C16H20N6S. The topological polar surface area (TPSA) is 58.9 Å². The summed E-state index contributed by atoms with van der Waals surface area (Å²) in [5, 5.41) is 5.66. The zero-order chi connectivity index (χ0) is 15.6. The van der Waals surface area contributed by atoms with E-state index in [2.05, 4.69) is 42.7 Å². The van der Waals surface area contributed by atoms with Gasteiger partial charge in [-0.15, -0.1) is 11.3 Å². The molecule has 3 aromatic rings. The number of anilines is 1. The quantitative estimate of drug-likeness (QED) is 0.780.